The van der Waals surface area contributed by atoms with E-state index >= 15 is 0 Å². The van der Waals surface area contributed by atoms with Crippen molar-refractivity contribution in [3.05, 3.63) is 0 Å². The van der Waals surface area contributed by atoms with Crippen LogP contribution in [0.5, 0.6) is 0 Å². The molecule has 0 aromatic rings. The zero-order valence-electron chi connectivity index (χ0n) is 15.3. The largest absolute Gasteiger partial charge is 0.315 e. The van der Waals surface area contributed by atoms with Gasteiger partial charge in [0.1, 0.15) is 0 Å². The lowest BCUT2D eigenvalue weighted by molar-refractivity contribution is 0.372. The van der Waals surface area contributed by atoms with Crippen molar-refractivity contribution in [2.45, 2.75) is 109 Å². The Hall–Kier alpha value is -0.0800. The van der Waals surface area contributed by atoms with Gasteiger partial charge in [-0.1, -0.05) is 84.0 Å². The van der Waals surface area contributed by atoms with Crippen LogP contribution >= 0.6 is 0 Å². The van der Waals surface area contributed by atoms with Crippen LogP contribution in [-0.4, -0.2) is 25.7 Å². The van der Waals surface area contributed by atoms with Gasteiger partial charge in [-0.15, -0.1) is 0 Å². The molecule has 0 aromatic carbocycles. The van der Waals surface area contributed by atoms with E-state index in [0.29, 0.717) is 0 Å². The predicted octanol–water partition coefficient (Wildman–Crippen LogP) is 5.42. The average molecular weight is 311 g/mol. The van der Waals surface area contributed by atoms with Gasteiger partial charge >= 0.3 is 0 Å². The van der Waals surface area contributed by atoms with Crippen LogP contribution < -0.4 is 10.6 Å². The molecule has 0 saturated heterocycles. The normalized spacial score (nSPS) is 16.2. The summed E-state index contributed by atoms with van der Waals surface area (Å²) in [6, 6.07) is 0.813. The first kappa shape index (κ1) is 20.0. The van der Waals surface area contributed by atoms with Crippen molar-refractivity contribution >= 4 is 0 Å². The van der Waals surface area contributed by atoms with E-state index in [4.69, 9.17) is 0 Å². The van der Waals surface area contributed by atoms with E-state index < -0.39 is 0 Å². The van der Waals surface area contributed by atoms with E-state index in [0.717, 1.165) is 19.1 Å². The van der Waals surface area contributed by atoms with Gasteiger partial charge in [0.25, 0.3) is 0 Å². The SMILES string of the molecule is CCCCCCCCCCCCNCCNC1CCCCC1. The van der Waals surface area contributed by atoms with Crippen LogP contribution in [-0.2, 0) is 0 Å². The molecule has 2 heteroatoms. The molecular weight excluding hydrogens is 268 g/mol. The number of rotatable bonds is 15. The monoisotopic (exact) mass is 310 g/mol. The van der Waals surface area contributed by atoms with Crippen molar-refractivity contribution in [2.75, 3.05) is 19.6 Å². The molecule has 1 fully saturated rings. The van der Waals surface area contributed by atoms with Gasteiger partial charge in [0.2, 0.25) is 0 Å². The highest BCUT2D eigenvalue weighted by Crippen LogP contribution is 2.16. The van der Waals surface area contributed by atoms with Crippen LogP contribution in [0.2, 0.25) is 0 Å². The summed E-state index contributed by atoms with van der Waals surface area (Å²) in [5.74, 6) is 0. The Morgan fingerprint density at radius 3 is 1.86 bits per heavy atom. The Morgan fingerprint density at radius 2 is 1.23 bits per heavy atom. The molecule has 0 amide bonds. The molecule has 2 nitrogen and oxygen atoms in total. The molecule has 0 spiro atoms. The molecule has 0 unspecified atom stereocenters. The van der Waals surface area contributed by atoms with E-state index in [2.05, 4.69) is 17.6 Å². The van der Waals surface area contributed by atoms with Crippen molar-refractivity contribution in [1.29, 1.82) is 0 Å². The lowest BCUT2D eigenvalue weighted by Gasteiger charge is -2.22. The first-order chi connectivity index (χ1) is 10.9. The standard InChI is InChI=1S/C20H42N2/c1-2-3-4-5-6-7-8-9-10-14-17-21-18-19-22-20-15-12-11-13-16-20/h20-22H,2-19H2,1H3. The lowest BCUT2D eigenvalue weighted by Crippen LogP contribution is -2.36. The van der Waals surface area contributed by atoms with Crippen LogP contribution in [0.3, 0.4) is 0 Å². The second-order valence-electron chi connectivity index (χ2n) is 7.22. The molecular formula is C20H42N2. The third-order valence-corrected chi connectivity index (χ3v) is 5.05. The molecule has 2 N–H and O–H groups in total. The second kappa shape index (κ2) is 15.8. The topological polar surface area (TPSA) is 24.1 Å². The molecule has 0 heterocycles. The summed E-state index contributed by atoms with van der Waals surface area (Å²) in [6.45, 7) is 5.80. The van der Waals surface area contributed by atoms with Crippen molar-refractivity contribution < 1.29 is 0 Å². The van der Waals surface area contributed by atoms with Crippen LogP contribution in [0.25, 0.3) is 0 Å². The van der Waals surface area contributed by atoms with E-state index in [-0.39, 0.29) is 0 Å². The van der Waals surface area contributed by atoms with Crippen LogP contribution in [0.4, 0.5) is 0 Å². The fourth-order valence-corrected chi connectivity index (χ4v) is 3.53. The quantitative estimate of drug-likeness (QED) is 0.395. The summed E-state index contributed by atoms with van der Waals surface area (Å²) in [7, 11) is 0. The molecule has 1 aliphatic rings. The average Bonchev–Trinajstić information content (AvgIpc) is 2.56. The van der Waals surface area contributed by atoms with Gasteiger partial charge in [-0.2, -0.15) is 0 Å². The fraction of sp³-hybridized carbons (Fsp3) is 1.00. The third-order valence-electron chi connectivity index (χ3n) is 5.05. The Labute approximate surface area is 140 Å². The zero-order valence-corrected chi connectivity index (χ0v) is 15.3. The van der Waals surface area contributed by atoms with Crippen molar-refractivity contribution in [3.63, 3.8) is 0 Å². The molecule has 132 valence electrons. The fourth-order valence-electron chi connectivity index (χ4n) is 3.53. The van der Waals surface area contributed by atoms with Gasteiger partial charge in [-0.3, -0.25) is 0 Å². The number of hydrogen-bond acceptors (Lipinski definition) is 2. The summed E-state index contributed by atoms with van der Waals surface area (Å²) in [5, 5.41) is 7.29. The summed E-state index contributed by atoms with van der Waals surface area (Å²) < 4.78 is 0. The minimum Gasteiger partial charge on any atom is -0.315 e. The molecule has 1 saturated carbocycles. The summed E-state index contributed by atoms with van der Waals surface area (Å²) in [6.07, 6.45) is 21.4. The van der Waals surface area contributed by atoms with E-state index in [1.54, 1.807) is 0 Å². The maximum absolute atomic E-state index is 3.70. The number of nitrogens with one attached hydrogen (secondary N) is 2. The van der Waals surface area contributed by atoms with Gasteiger partial charge in [0.15, 0.2) is 0 Å². The molecule has 1 rings (SSSR count). The smallest absolute Gasteiger partial charge is 0.00793 e. The van der Waals surface area contributed by atoms with Gasteiger partial charge in [-0.05, 0) is 25.8 Å². The molecule has 0 atom stereocenters. The van der Waals surface area contributed by atoms with E-state index in [1.165, 1.54) is 103 Å². The molecule has 0 aromatic heterocycles. The maximum atomic E-state index is 3.70. The molecule has 0 bridgehead atoms. The van der Waals surface area contributed by atoms with Gasteiger partial charge in [-0.25, -0.2) is 0 Å². The van der Waals surface area contributed by atoms with Crippen molar-refractivity contribution in [3.8, 4) is 0 Å². The molecule has 22 heavy (non-hydrogen) atoms. The maximum Gasteiger partial charge on any atom is 0.00793 e. The highest BCUT2D eigenvalue weighted by Gasteiger charge is 2.11. The molecule has 0 radical (unpaired) electrons. The highest BCUT2D eigenvalue weighted by atomic mass is 15.0. The van der Waals surface area contributed by atoms with Gasteiger partial charge < -0.3 is 10.6 Å². The molecule has 1 aliphatic carbocycles. The van der Waals surface area contributed by atoms with Gasteiger partial charge in [0.05, 0.1) is 0 Å². The van der Waals surface area contributed by atoms with Crippen LogP contribution in [0.15, 0.2) is 0 Å². The number of unbranched alkanes of at least 4 members (excludes halogenated alkanes) is 9. The Morgan fingerprint density at radius 1 is 0.636 bits per heavy atom. The lowest BCUT2D eigenvalue weighted by atomic mass is 9.95. The van der Waals surface area contributed by atoms with E-state index in [9.17, 15) is 0 Å². The Bertz CT molecular complexity index is 212. The van der Waals surface area contributed by atoms with Crippen molar-refractivity contribution in [2.24, 2.45) is 0 Å². The third kappa shape index (κ3) is 12.5. The minimum absolute atomic E-state index is 0.813. The van der Waals surface area contributed by atoms with E-state index in [1.807, 2.05) is 0 Å². The number of hydrogen-bond donors (Lipinski definition) is 2. The van der Waals surface area contributed by atoms with Crippen LogP contribution in [0.1, 0.15) is 103 Å². The minimum atomic E-state index is 0.813. The summed E-state index contributed by atoms with van der Waals surface area (Å²) >= 11 is 0. The highest BCUT2D eigenvalue weighted by molar-refractivity contribution is 4.71. The Balaban J connectivity index is 1.68. The second-order valence-corrected chi connectivity index (χ2v) is 7.22. The van der Waals surface area contributed by atoms with Crippen LogP contribution in [0, 0.1) is 0 Å². The first-order valence-electron chi connectivity index (χ1n) is 10.4. The predicted molar refractivity (Wildman–Crippen MR) is 99.6 cm³/mol. The summed E-state index contributed by atoms with van der Waals surface area (Å²) in [4.78, 5) is 0. The first-order valence-corrected chi connectivity index (χ1v) is 10.4. The van der Waals surface area contributed by atoms with Gasteiger partial charge in [0, 0.05) is 19.1 Å². The zero-order chi connectivity index (χ0) is 15.7. The Kier molecular flexibility index (Phi) is 14.3. The van der Waals surface area contributed by atoms with Crippen molar-refractivity contribution in [1.82, 2.24) is 10.6 Å². The summed E-state index contributed by atoms with van der Waals surface area (Å²) in [5.41, 5.74) is 0. The molecule has 0 aliphatic heterocycles.